The molecule has 80 valence electrons. The molecule has 4 N–H and O–H groups in total. The Bertz CT molecular complexity index is 226. The quantitative estimate of drug-likeness (QED) is 0.198. The number of hydrogen-bond acceptors (Lipinski definition) is 5. The summed E-state index contributed by atoms with van der Waals surface area (Å²) in [4.78, 5) is 30.0. The largest absolute Gasteiger partial charge is 0.369 e. The van der Waals surface area contributed by atoms with E-state index in [-0.39, 0.29) is 0 Å². The van der Waals surface area contributed by atoms with Gasteiger partial charge in [0.05, 0.1) is 0 Å². The first-order chi connectivity index (χ1) is 6.20. The van der Waals surface area contributed by atoms with Gasteiger partial charge in [-0.15, -0.1) is 10.1 Å². The Balaban J connectivity index is 0. The molecule has 9 heteroatoms. The van der Waals surface area contributed by atoms with Gasteiger partial charge in [-0.05, 0) is 0 Å². The van der Waals surface area contributed by atoms with Gasteiger partial charge in [0, 0.05) is 13.8 Å². The van der Waals surface area contributed by atoms with E-state index in [1.165, 1.54) is 13.8 Å². The molecule has 0 aliphatic heterocycles. The van der Waals surface area contributed by atoms with Crippen molar-refractivity contribution in [3.63, 3.8) is 0 Å². The normalized spacial score (nSPS) is 7.86. The standard InChI is InChI=1S/C5H9N3O2.HNO3/c1-3(9)8(4(2)10)5(6)7;2-1(3)4/h1-2H3,(H3,6,7);(H,2,3,4). The van der Waals surface area contributed by atoms with Crippen molar-refractivity contribution in [1.82, 2.24) is 4.90 Å². The monoisotopic (exact) mass is 206 g/mol. The van der Waals surface area contributed by atoms with Gasteiger partial charge in [0.1, 0.15) is 0 Å². The van der Waals surface area contributed by atoms with Crippen LogP contribution in [0.5, 0.6) is 0 Å². The molecule has 0 saturated heterocycles. The average Bonchev–Trinajstić information content (AvgIpc) is 1.80. The summed E-state index contributed by atoms with van der Waals surface area (Å²) in [5.41, 5.74) is 4.91. The van der Waals surface area contributed by atoms with Gasteiger partial charge in [-0.25, -0.2) is 4.90 Å². The zero-order chi connectivity index (χ0) is 11.9. The lowest BCUT2D eigenvalue weighted by Gasteiger charge is -2.12. The maximum atomic E-state index is 10.5. The van der Waals surface area contributed by atoms with Crippen LogP contribution in [0.4, 0.5) is 0 Å². The van der Waals surface area contributed by atoms with Crippen molar-refractivity contribution in [2.24, 2.45) is 5.73 Å². The van der Waals surface area contributed by atoms with Crippen LogP contribution >= 0.6 is 0 Å². The predicted molar refractivity (Wildman–Crippen MR) is 43.9 cm³/mol. The van der Waals surface area contributed by atoms with Gasteiger partial charge in [-0.3, -0.25) is 15.0 Å². The number of carbonyl (C=O) groups is 2. The summed E-state index contributed by atoms with van der Waals surface area (Å²) >= 11 is 0. The van der Waals surface area contributed by atoms with Gasteiger partial charge in [0.15, 0.2) is 0 Å². The summed E-state index contributed by atoms with van der Waals surface area (Å²) < 4.78 is 0. The van der Waals surface area contributed by atoms with Crippen LogP contribution in [-0.2, 0) is 9.59 Å². The van der Waals surface area contributed by atoms with E-state index < -0.39 is 22.9 Å². The first-order valence-electron chi connectivity index (χ1n) is 3.18. The van der Waals surface area contributed by atoms with Crippen LogP contribution in [-0.4, -0.2) is 33.0 Å². The minimum Gasteiger partial charge on any atom is -0.369 e. The predicted octanol–water partition coefficient (Wildman–Crippen LogP) is -1.07. The van der Waals surface area contributed by atoms with Crippen LogP contribution < -0.4 is 5.73 Å². The number of nitrogens with zero attached hydrogens (tertiary/aromatic N) is 2. The number of carbonyl (C=O) groups excluding carboxylic acids is 2. The highest BCUT2D eigenvalue weighted by Crippen LogP contribution is 1.87. The molecule has 0 radical (unpaired) electrons. The Morgan fingerprint density at radius 1 is 1.43 bits per heavy atom. The molecule has 9 nitrogen and oxygen atoms in total. The molecule has 0 saturated carbocycles. The highest BCUT2D eigenvalue weighted by atomic mass is 16.9. The van der Waals surface area contributed by atoms with E-state index in [2.05, 4.69) is 0 Å². The Labute approximate surface area is 78.7 Å². The minimum absolute atomic E-state index is 0.542. The third-order valence-electron chi connectivity index (χ3n) is 0.871. The second-order valence-electron chi connectivity index (χ2n) is 2.00. The van der Waals surface area contributed by atoms with E-state index in [0.29, 0.717) is 4.90 Å². The molecule has 0 heterocycles. The highest BCUT2D eigenvalue weighted by Gasteiger charge is 2.15. The molecule has 0 aromatic carbocycles. The van der Waals surface area contributed by atoms with Crippen molar-refractivity contribution in [3.05, 3.63) is 10.1 Å². The number of nitrogens with two attached hydrogens (primary N) is 1. The van der Waals surface area contributed by atoms with Crippen molar-refractivity contribution >= 4 is 17.8 Å². The van der Waals surface area contributed by atoms with Crippen molar-refractivity contribution in [3.8, 4) is 0 Å². The minimum atomic E-state index is -1.50. The smallest absolute Gasteiger partial charge is 0.291 e. The van der Waals surface area contributed by atoms with Crippen molar-refractivity contribution in [2.45, 2.75) is 13.8 Å². The molecule has 2 amide bonds. The van der Waals surface area contributed by atoms with Gasteiger partial charge in [0.2, 0.25) is 17.8 Å². The zero-order valence-electron chi connectivity index (χ0n) is 7.55. The molecule has 0 atom stereocenters. The Morgan fingerprint density at radius 3 is 1.64 bits per heavy atom. The van der Waals surface area contributed by atoms with Crippen LogP contribution in [0, 0.1) is 15.5 Å². The number of amides is 2. The lowest BCUT2D eigenvalue weighted by molar-refractivity contribution is -0.742. The van der Waals surface area contributed by atoms with Crippen LogP contribution in [0.1, 0.15) is 13.8 Å². The summed E-state index contributed by atoms with van der Waals surface area (Å²) in [6, 6.07) is 0. The molecular weight excluding hydrogens is 196 g/mol. The maximum absolute atomic E-state index is 10.5. The molecule has 0 unspecified atom stereocenters. The fourth-order valence-electron chi connectivity index (χ4n) is 0.561. The van der Waals surface area contributed by atoms with Gasteiger partial charge in [-0.1, -0.05) is 0 Å². The third-order valence-corrected chi connectivity index (χ3v) is 0.871. The summed E-state index contributed by atoms with van der Waals surface area (Å²) in [6.07, 6.45) is 0. The molecule has 0 bridgehead atoms. The van der Waals surface area contributed by atoms with Gasteiger partial charge in [-0.2, -0.15) is 0 Å². The summed E-state index contributed by atoms with van der Waals surface area (Å²) in [5, 5.41) is 20.4. The van der Waals surface area contributed by atoms with Gasteiger partial charge >= 0.3 is 0 Å². The Kier molecular flexibility index (Phi) is 6.49. The molecule has 0 aliphatic carbocycles. The van der Waals surface area contributed by atoms with Crippen molar-refractivity contribution < 1.29 is 19.9 Å². The zero-order valence-corrected chi connectivity index (χ0v) is 7.55. The topological polar surface area (TPSA) is 151 Å². The molecule has 14 heavy (non-hydrogen) atoms. The van der Waals surface area contributed by atoms with Crippen molar-refractivity contribution in [2.75, 3.05) is 0 Å². The molecule has 0 aromatic heterocycles. The molecule has 0 fully saturated rings. The van der Waals surface area contributed by atoms with Crippen LogP contribution in [0.15, 0.2) is 0 Å². The average molecular weight is 206 g/mol. The first-order valence-corrected chi connectivity index (χ1v) is 3.18. The summed E-state index contributed by atoms with van der Waals surface area (Å²) in [7, 11) is 0. The van der Waals surface area contributed by atoms with Gasteiger partial charge in [0.25, 0.3) is 5.09 Å². The van der Waals surface area contributed by atoms with E-state index in [4.69, 9.17) is 26.5 Å². The maximum Gasteiger partial charge on any atom is 0.291 e. The van der Waals surface area contributed by atoms with Crippen LogP contribution in [0.25, 0.3) is 0 Å². The second kappa shape index (κ2) is 6.34. The summed E-state index contributed by atoms with van der Waals surface area (Å²) in [6.45, 7) is 2.34. The molecule has 0 spiro atoms. The van der Waals surface area contributed by atoms with Gasteiger partial charge < -0.3 is 10.9 Å². The molecule has 0 aliphatic rings. The number of rotatable bonds is 0. The lowest BCUT2D eigenvalue weighted by atomic mass is 10.5. The van der Waals surface area contributed by atoms with E-state index >= 15 is 0 Å². The highest BCUT2D eigenvalue weighted by molar-refractivity contribution is 6.08. The number of imide groups is 1. The lowest BCUT2D eigenvalue weighted by Crippen LogP contribution is -2.42. The van der Waals surface area contributed by atoms with E-state index in [0.717, 1.165) is 0 Å². The van der Waals surface area contributed by atoms with E-state index in [1.54, 1.807) is 0 Å². The van der Waals surface area contributed by atoms with E-state index in [9.17, 15) is 9.59 Å². The summed E-state index contributed by atoms with van der Waals surface area (Å²) in [5.74, 6) is -1.62. The van der Waals surface area contributed by atoms with Crippen molar-refractivity contribution in [1.29, 1.82) is 5.41 Å². The molecule has 0 aromatic rings. The Morgan fingerprint density at radius 2 is 1.64 bits per heavy atom. The first kappa shape index (κ1) is 14.3. The third kappa shape index (κ3) is 7.91. The number of guanidine groups is 1. The number of nitrogens with one attached hydrogen (secondary N) is 1. The molecule has 0 rings (SSSR count). The fraction of sp³-hybridized carbons (Fsp3) is 0.400. The van der Waals surface area contributed by atoms with Crippen LogP contribution in [0.3, 0.4) is 0 Å². The van der Waals surface area contributed by atoms with Crippen LogP contribution in [0.2, 0.25) is 0 Å². The second-order valence-corrected chi connectivity index (χ2v) is 2.00. The SMILES string of the molecule is CC(=O)N(C(=N)N)C(C)=O.O=[N+]([O-])O. The molecular formula is C5H10N4O5. The van der Waals surface area contributed by atoms with E-state index in [1.807, 2.05) is 0 Å². The fourth-order valence-corrected chi connectivity index (χ4v) is 0.561. The Hall–Kier alpha value is -2.19. The number of hydrogen-bond donors (Lipinski definition) is 3.